The molecule has 1 amide bonds. The number of piperazine rings is 1. The van der Waals surface area contributed by atoms with E-state index in [1.165, 1.54) is 11.3 Å². The molecule has 1 unspecified atom stereocenters. The maximum absolute atomic E-state index is 13.0. The molecule has 4 heterocycles. The second-order valence-electron chi connectivity index (χ2n) is 5.23. The highest BCUT2D eigenvalue weighted by Crippen LogP contribution is 2.25. The zero-order valence-electron chi connectivity index (χ0n) is 11.8. The lowest BCUT2D eigenvalue weighted by molar-refractivity contribution is 0.0627. The summed E-state index contributed by atoms with van der Waals surface area (Å²) in [6.45, 7) is 2.23. The SMILES string of the molecule is O=C(c1csc2cncn12)N1CCNCC1c1cccnc1. The third-order valence-corrected chi connectivity index (χ3v) is 4.83. The Kier molecular flexibility index (Phi) is 3.36. The van der Waals surface area contributed by atoms with Gasteiger partial charge in [0.05, 0.1) is 12.2 Å². The molecule has 1 aliphatic rings. The number of rotatable bonds is 2. The van der Waals surface area contributed by atoms with Crippen molar-refractivity contribution in [3.63, 3.8) is 0 Å². The molecule has 3 aromatic rings. The summed E-state index contributed by atoms with van der Waals surface area (Å²) in [6, 6.07) is 3.94. The minimum atomic E-state index is 0.00780. The quantitative estimate of drug-likeness (QED) is 0.780. The van der Waals surface area contributed by atoms with Crippen LogP contribution >= 0.6 is 11.3 Å². The Bertz CT molecular complexity index is 796. The summed E-state index contributed by atoms with van der Waals surface area (Å²) in [4.78, 5) is 24.2. The van der Waals surface area contributed by atoms with Crippen LogP contribution in [0.3, 0.4) is 0 Å². The number of pyridine rings is 1. The van der Waals surface area contributed by atoms with Gasteiger partial charge < -0.3 is 10.2 Å². The summed E-state index contributed by atoms with van der Waals surface area (Å²) in [5.41, 5.74) is 1.73. The second kappa shape index (κ2) is 5.51. The van der Waals surface area contributed by atoms with Gasteiger partial charge in [0, 0.05) is 37.4 Å². The van der Waals surface area contributed by atoms with Crippen molar-refractivity contribution in [3.05, 3.63) is 53.7 Å². The lowest BCUT2D eigenvalue weighted by Gasteiger charge is -2.36. The van der Waals surface area contributed by atoms with Gasteiger partial charge in [0.2, 0.25) is 0 Å². The summed E-state index contributed by atoms with van der Waals surface area (Å²) in [5, 5.41) is 5.26. The predicted molar refractivity (Wildman–Crippen MR) is 84.0 cm³/mol. The molecule has 6 nitrogen and oxygen atoms in total. The first-order chi connectivity index (χ1) is 10.8. The van der Waals surface area contributed by atoms with Gasteiger partial charge >= 0.3 is 0 Å². The van der Waals surface area contributed by atoms with Crippen LogP contribution < -0.4 is 5.32 Å². The van der Waals surface area contributed by atoms with Gasteiger partial charge in [0.1, 0.15) is 16.9 Å². The fraction of sp³-hybridized carbons (Fsp3) is 0.267. The summed E-state index contributed by atoms with van der Waals surface area (Å²) >= 11 is 1.53. The van der Waals surface area contributed by atoms with Gasteiger partial charge in [-0.1, -0.05) is 6.07 Å². The number of aromatic nitrogens is 3. The van der Waals surface area contributed by atoms with Crippen LogP contribution in [0.2, 0.25) is 0 Å². The number of fused-ring (bicyclic) bond motifs is 1. The highest BCUT2D eigenvalue weighted by atomic mass is 32.1. The van der Waals surface area contributed by atoms with Gasteiger partial charge in [0.15, 0.2) is 0 Å². The van der Waals surface area contributed by atoms with E-state index in [4.69, 9.17) is 0 Å². The molecule has 22 heavy (non-hydrogen) atoms. The molecule has 0 bridgehead atoms. The molecule has 0 saturated carbocycles. The first kappa shape index (κ1) is 13.4. The molecule has 1 aliphatic heterocycles. The number of hydrogen-bond acceptors (Lipinski definition) is 5. The Morgan fingerprint density at radius 3 is 3.18 bits per heavy atom. The van der Waals surface area contributed by atoms with E-state index in [0.717, 1.165) is 23.5 Å². The molecule has 4 rings (SSSR count). The monoisotopic (exact) mass is 313 g/mol. The van der Waals surface area contributed by atoms with Crippen molar-refractivity contribution in [3.8, 4) is 0 Å². The van der Waals surface area contributed by atoms with Crippen LogP contribution in [0.4, 0.5) is 0 Å². The summed E-state index contributed by atoms with van der Waals surface area (Å²) in [6.07, 6.45) is 7.05. The van der Waals surface area contributed by atoms with Crippen molar-refractivity contribution in [2.24, 2.45) is 0 Å². The van der Waals surface area contributed by atoms with Gasteiger partial charge in [0.25, 0.3) is 5.91 Å². The first-order valence-electron chi connectivity index (χ1n) is 7.16. The number of nitrogens with zero attached hydrogens (tertiary/aromatic N) is 4. The maximum Gasteiger partial charge on any atom is 0.272 e. The van der Waals surface area contributed by atoms with E-state index in [0.29, 0.717) is 12.2 Å². The largest absolute Gasteiger partial charge is 0.328 e. The number of carbonyl (C=O) groups is 1. The van der Waals surface area contributed by atoms with Crippen LogP contribution in [0.1, 0.15) is 22.1 Å². The lowest BCUT2D eigenvalue weighted by atomic mass is 10.0. The highest BCUT2D eigenvalue weighted by Gasteiger charge is 2.30. The van der Waals surface area contributed by atoms with Gasteiger partial charge in [-0.3, -0.25) is 14.2 Å². The predicted octanol–water partition coefficient (Wildman–Crippen LogP) is 1.58. The number of imidazole rings is 1. The second-order valence-corrected chi connectivity index (χ2v) is 6.12. The zero-order chi connectivity index (χ0) is 14.9. The van der Waals surface area contributed by atoms with Crippen LogP contribution in [0.15, 0.2) is 42.4 Å². The number of hydrogen-bond donors (Lipinski definition) is 1. The van der Waals surface area contributed by atoms with Crippen LogP contribution in [-0.2, 0) is 0 Å². The van der Waals surface area contributed by atoms with Crippen molar-refractivity contribution in [1.82, 2.24) is 24.6 Å². The molecule has 0 aromatic carbocycles. The van der Waals surface area contributed by atoms with Crippen molar-refractivity contribution >= 4 is 22.1 Å². The van der Waals surface area contributed by atoms with Crippen molar-refractivity contribution in [2.75, 3.05) is 19.6 Å². The zero-order valence-corrected chi connectivity index (χ0v) is 12.7. The minimum Gasteiger partial charge on any atom is -0.328 e. The molecule has 0 spiro atoms. The third kappa shape index (κ3) is 2.18. The number of nitrogens with one attached hydrogen (secondary N) is 1. The minimum absolute atomic E-state index is 0.00780. The number of amides is 1. The molecular formula is C15H15N5OS. The van der Waals surface area contributed by atoms with Crippen molar-refractivity contribution in [2.45, 2.75) is 6.04 Å². The standard InChI is InChI=1S/C15H15N5OS/c21-15(13-9-22-14-8-18-10-20(13)14)19-5-4-17-7-12(19)11-2-1-3-16-6-11/h1-3,6,8-10,12,17H,4-5,7H2. The fourth-order valence-electron chi connectivity index (χ4n) is 2.84. The first-order valence-corrected chi connectivity index (χ1v) is 8.04. The molecule has 7 heteroatoms. The smallest absolute Gasteiger partial charge is 0.272 e. The van der Waals surface area contributed by atoms with Crippen LogP contribution in [0.5, 0.6) is 0 Å². The molecule has 1 fully saturated rings. The van der Waals surface area contributed by atoms with Gasteiger partial charge in [-0.2, -0.15) is 0 Å². The Balaban J connectivity index is 1.70. The lowest BCUT2D eigenvalue weighted by Crippen LogP contribution is -2.49. The van der Waals surface area contributed by atoms with E-state index in [-0.39, 0.29) is 11.9 Å². The summed E-state index contributed by atoms with van der Waals surface area (Å²) in [7, 11) is 0. The van der Waals surface area contributed by atoms with Gasteiger partial charge in [-0.25, -0.2) is 4.98 Å². The number of thiazole rings is 1. The van der Waals surface area contributed by atoms with Crippen LogP contribution in [-0.4, -0.2) is 44.8 Å². The van der Waals surface area contributed by atoms with Crippen LogP contribution in [0, 0.1) is 0 Å². The molecule has 1 atom stereocenters. The molecule has 112 valence electrons. The highest BCUT2D eigenvalue weighted by molar-refractivity contribution is 7.15. The Labute approximate surface area is 131 Å². The average Bonchev–Trinajstić information content (AvgIpc) is 3.18. The van der Waals surface area contributed by atoms with E-state index >= 15 is 0 Å². The Morgan fingerprint density at radius 2 is 2.32 bits per heavy atom. The third-order valence-electron chi connectivity index (χ3n) is 3.95. The topological polar surface area (TPSA) is 62.5 Å². The molecular weight excluding hydrogens is 298 g/mol. The van der Waals surface area contributed by atoms with Gasteiger partial charge in [-0.05, 0) is 11.6 Å². The molecule has 1 saturated heterocycles. The fourth-order valence-corrected chi connectivity index (χ4v) is 3.67. The van der Waals surface area contributed by atoms with E-state index in [1.54, 1.807) is 18.7 Å². The maximum atomic E-state index is 13.0. The molecule has 0 aliphatic carbocycles. The van der Waals surface area contributed by atoms with Crippen LogP contribution in [0.25, 0.3) is 4.83 Å². The van der Waals surface area contributed by atoms with Crippen molar-refractivity contribution < 1.29 is 4.79 Å². The van der Waals surface area contributed by atoms with E-state index < -0.39 is 0 Å². The van der Waals surface area contributed by atoms with E-state index in [9.17, 15) is 4.79 Å². The Hall–Kier alpha value is -2.25. The summed E-state index contributed by atoms with van der Waals surface area (Å²) < 4.78 is 1.86. The molecule has 3 aromatic heterocycles. The Morgan fingerprint density at radius 1 is 1.36 bits per heavy atom. The average molecular weight is 313 g/mol. The molecule has 1 N–H and O–H groups in total. The van der Waals surface area contributed by atoms with E-state index in [1.807, 2.05) is 33.0 Å². The normalized spacial score (nSPS) is 18.7. The summed E-state index contributed by atoms with van der Waals surface area (Å²) in [5.74, 6) is 0.0413. The number of carbonyl (C=O) groups excluding carboxylic acids is 1. The molecule has 0 radical (unpaired) electrons. The van der Waals surface area contributed by atoms with Crippen molar-refractivity contribution in [1.29, 1.82) is 0 Å². The van der Waals surface area contributed by atoms with Gasteiger partial charge in [-0.15, -0.1) is 11.3 Å². The van der Waals surface area contributed by atoms with E-state index in [2.05, 4.69) is 15.3 Å².